The molecule has 6 nitrogen and oxygen atoms in total. The first-order chi connectivity index (χ1) is 13.4. The van der Waals surface area contributed by atoms with Crippen LogP contribution in [0.3, 0.4) is 0 Å². The van der Waals surface area contributed by atoms with Gasteiger partial charge in [0.1, 0.15) is 4.88 Å². The number of amides is 1. The number of hydrogen-bond donors (Lipinski definition) is 1. The van der Waals surface area contributed by atoms with E-state index in [1.807, 2.05) is 37.3 Å². The lowest BCUT2D eigenvalue weighted by Crippen LogP contribution is -2.21. The number of hydrogen-bond acceptors (Lipinski definition) is 6. The summed E-state index contributed by atoms with van der Waals surface area (Å²) < 4.78 is 5.17. The Hall–Kier alpha value is -3.32. The standard InChI is InChI=1S/C21H18N2O4S/c1-13(24)16-9-6-10-17(11-16)23-18(25)12-27-21(26)20-19(22-14(2)28-20)15-7-4-3-5-8-15/h3-11H,12H2,1-2H3,(H,23,25). The first-order valence-corrected chi connectivity index (χ1v) is 9.36. The SMILES string of the molecule is CC(=O)c1cccc(NC(=O)COC(=O)c2sc(C)nc2-c2ccccc2)c1. The predicted molar refractivity (Wildman–Crippen MR) is 108 cm³/mol. The number of nitrogens with zero attached hydrogens (tertiary/aromatic N) is 1. The fourth-order valence-electron chi connectivity index (χ4n) is 2.57. The number of esters is 1. The van der Waals surface area contributed by atoms with Gasteiger partial charge in [0, 0.05) is 16.8 Å². The Morgan fingerprint density at radius 2 is 1.82 bits per heavy atom. The number of rotatable bonds is 6. The molecule has 0 unspecified atom stereocenters. The number of Topliss-reactive ketones (excluding diaryl/α,β-unsaturated/α-hetero) is 1. The second-order valence-electron chi connectivity index (χ2n) is 6.04. The molecule has 0 radical (unpaired) electrons. The minimum Gasteiger partial charge on any atom is -0.451 e. The van der Waals surface area contributed by atoms with Gasteiger partial charge in [0.25, 0.3) is 5.91 Å². The van der Waals surface area contributed by atoms with E-state index in [9.17, 15) is 14.4 Å². The van der Waals surface area contributed by atoms with Gasteiger partial charge in [-0.1, -0.05) is 42.5 Å². The largest absolute Gasteiger partial charge is 0.451 e. The van der Waals surface area contributed by atoms with E-state index in [1.54, 1.807) is 24.3 Å². The summed E-state index contributed by atoms with van der Waals surface area (Å²) in [5, 5.41) is 3.35. The number of ether oxygens (including phenoxy) is 1. The normalized spacial score (nSPS) is 10.4. The maximum absolute atomic E-state index is 12.5. The van der Waals surface area contributed by atoms with Gasteiger partial charge in [-0.05, 0) is 26.0 Å². The molecular weight excluding hydrogens is 376 g/mol. The van der Waals surface area contributed by atoms with E-state index in [2.05, 4.69) is 10.3 Å². The fourth-order valence-corrected chi connectivity index (χ4v) is 3.40. The summed E-state index contributed by atoms with van der Waals surface area (Å²) in [7, 11) is 0. The Morgan fingerprint density at radius 3 is 2.54 bits per heavy atom. The maximum Gasteiger partial charge on any atom is 0.351 e. The predicted octanol–water partition coefficient (Wildman–Crippen LogP) is 4.12. The number of nitrogens with one attached hydrogen (secondary N) is 1. The van der Waals surface area contributed by atoms with Gasteiger partial charge in [0.15, 0.2) is 12.4 Å². The van der Waals surface area contributed by atoms with Crippen molar-refractivity contribution in [2.45, 2.75) is 13.8 Å². The van der Waals surface area contributed by atoms with Crippen LogP contribution < -0.4 is 5.32 Å². The summed E-state index contributed by atoms with van der Waals surface area (Å²) in [4.78, 5) is 40.8. The van der Waals surface area contributed by atoms with Crippen molar-refractivity contribution in [1.29, 1.82) is 0 Å². The van der Waals surface area contributed by atoms with E-state index >= 15 is 0 Å². The zero-order chi connectivity index (χ0) is 20.1. The molecule has 142 valence electrons. The van der Waals surface area contributed by atoms with Gasteiger partial charge in [0.2, 0.25) is 0 Å². The molecule has 7 heteroatoms. The lowest BCUT2D eigenvalue weighted by atomic mass is 10.1. The molecule has 0 saturated carbocycles. The van der Waals surface area contributed by atoms with Crippen molar-refractivity contribution in [2.75, 3.05) is 11.9 Å². The Kier molecular flexibility index (Phi) is 5.96. The lowest BCUT2D eigenvalue weighted by Gasteiger charge is -2.07. The van der Waals surface area contributed by atoms with Crippen LogP contribution >= 0.6 is 11.3 Å². The monoisotopic (exact) mass is 394 g/mol. The molecule has 1 aromatic heterocycles. The third-order valence-electron chi connectivity index (χ3n) is 3.85. The molecule has 3 rings (SSSR count). The van der Waals surface area contributed by atoms with Crippen molar-refractivity contribution >= 4 is 34.7 Å². The number of thiazole rings is 1. The number of aryl methyl sites for hydroxylation is 1. The van der Waals surface area contributed by atoms with E-state index < -0.39 is 18.5 Å². The van der Waals surface area contributed by atoms with Gasteiger partial charge < -0.3 is 10.1 Å². The summed E-state index contributed by atoms with van der Waals surface area (Å²) in [6, 6.07) is 15.9. The number of carbonyl (C=O) groups excluding carboxylic acids is 3. The summed E-state index contributed by atoms with van der Waals surface area (Å²) in [5.74, 6) is -1.19. The average Bonchev–Trinajstić information content (AvgIpc) is 3.09. The third kappa shape index (κ3) is 4.69. The Labute approximate surface area is 166 Å². The maximum atomic E-state index is 12.5. The Balaban J connectivity index is 1.65. The first kappa shape index (κ1) is 19.4. The van der Waals surface area contributed by atoms with Crippen LogP contribution in [0.2, 0.25) is 0 Å². The topological polar surface area (TPSA) is 85.4 Å². The Morgan fingerprint density at radius 1 is 1.07 bits per heavy atom. The van der Waals surface area contributed by atoms with Crippen molar-refractivity contribution in [1.82, 2.24) is 4.98 Å². The van der Waals surface area contributed by atoms with Crippen LogP contribution in [0.5, 0.6) is 0 Å². The van der Waals surface area contributed by atoms with E-state index in [0.29, 0.717) is 21.8 Å². The van der Waals surface area contributed by atoms with Gasteiger partial charge in [-0.25, -0.2) is 9.78 Å². The highest BCUT2D eigenvalue weighted by atomic mass is 32.1. The van der Waals surface area contributed by atoms with Crippen molar-refractivity contribution in [3.05, 3.63) is 70.0 Å². The molecule has 0 fully saturated rings. The summed E-state index contributed by atoms with van der Waals surface area (Å²) in [6.07, 6.45) is 0. The van der Waals surface area contributed by atoms with Gasteiger partial charge in [-0.3, -0.25) is 9.59 Å². The molecular formula is C21H18N2O4S. The highest BCUT2D eigenvalue weighted by Crippen LogP contribution is 2.28. The zero-order valence-electron chi connectivity index (χ0n) is 15.4. The minimum absolute atomic E-state index is 0.100. The van der Waals surface area contributed by atoms with E-state index in [1.165, 1.54) is 18.3 Å². The molecule has 0 aliphatic carbocycles. The van der Waals surface area contributed by atoms with Crippen LogP contribution in [0.4, 0.5) is 5.69 Å². The van der Waals surface area contributed by atoms with Crippen molar-refractivity contribution in [2.24, 2.45) is 0 Å². The van der Waals surface area contributed by atoms with Crippen molar-refractivity contribution < 1.29 is 19.1 Å². The molecule has 2 aromatic carbocycles. The number of ketones is 1. The molecule has 0 atom stereocenters. The van der Waals surface area contributed by atoms with Crippen molar-refractivity contribution in [3.63, 3.8) is 0 Å². The lowest BCUT2D eigenvalue weighted by molar-refractivity contribution is -0.119. The summed E-state index contributed by atoms with van der Waals surface area (Å²) in [5.41, 5.74) is 2.31. The van der Waals surface area contributed by atoms with E-state index in [0.717, 1.165) is 10.6 Å². The summed E-state index contributed by atoms with van der Waals surface area (Å²) in [6.45, 7) is 2.82. The minimum atomic E-state index is -0.600. The second-order valence-corrected chi connectivity index (χ2v) is 7.24. The smallest absolute Gasteiger partial charge is 0.351 e. The third-order valence-corrected chi connectivity index (χ3v) is 4.80. The van der Waals surface area contributed by atoms with Crippen LogP contribution in [-0.2, 0) is 9.53 Å². The van der Waals surface area contributed by atoms with Crippen molar-refractivity contribution in [3.8, 4) is 11.3 Å². The molecule has 0 bridgehead atoms. The molecule has 1 N–H and O–H groups in total. The number of aromatic nitrogens is 1. The average molecular weight is 394 g/mol. The highest BCUT2D eigenvalue weighted by molar-refractivity contribution is 7.14. The van der Waals surface area contributed by atoms with Crippen LogP contribution in [0, 0.1) is 6.92 Å². The molecule has 28 heavy (non-hydrogen) atoms. The first-order valence-electron chi connectivity index (χ1n) is 8.55. The molecule has 1 amide bonds. The van der Waals surface area contributed by atoms with Crippen LogP contribution in [-0.4, -0.2) is 29.3 Å². The molecule has 0 aliphatic rings. The van der Waals surface area contributed by atoms with Crippen LogP contribution in [0.15, 0.2) is 54.6 Å². The highest BCUT2D eigenvalue weighted by Gasteiger charge is 2.20. The Bertz CT molecular complexity index is 1030. The van der Waals surface area contributed by atoms with Gasteiger partial charge in [-0.15, -0.1) is 11.3 Å². The molecule has 0 saturated heterocycles. The quantitative estimate of drug-likeness (QED) is 0.502. The second kappa shape index (κ2) is 8.58. The molecule has 0 aliphatic heterocycles. The van der Waals surface area contributed by atoms with Crippen LogP contribution in [0.25, 0.3) is 11.3 Å². The van der Waals surface area contributed by atoms with Crippen LogP contribution in [0.1, 0.15) is 32.0 Å². The fraction of sp³-hybridized carbons (Fsp3) is 0.143. The molecule has 3 aromatic rings. The number of carbonyl (C=O) groups is 3. The zero-order valence-corrected chi connectivity index (χ0v) is 16.2. The van der Waals surface area contributed by atoms with E-state index in [-0.39, 0.29) is 5.78 Å². The van der Waals surface area contributed by atoms with Gasteiger partial charge >= 0.3 is 5.97 Å². The summed E-state index contributed by atoms with van der Waals surface area (Å²) >= 11 is 1.22. The van der Waals surface area contributed by atoms with Gasteiger partial charge in [0.05, 0.1) is 10.7 Å². The van der Waals surface area contributed by atoms with Gasteiger partial charge in [-0.2, -0.15) is 0 Å². The number of benzene rings is 2. The molecule has 0 spiro atoms. The number of anilines is 1. The molecule has 1 heterocycles. The van der Waals surface area contributed by atoms with E-state index in [4.69, 9.17) is 4.74 Å².